The second kappa shape index (κ2) is 3.49. The van der Waals surface area contributed by atoms with Crippen molar-refractivity contribution < 1.29 is 18.1 Å². The lowest BCUT2D eigenvalue weighted by Crippen LogP contribution is -2.03. The minimum atomic E-state index is -3.67. The molecule has 3 unspecified atom stereocenters. The smallest absolute Gasteiger partial charge is 0.261 e. The molecular weight excluding hydrogens is 204 g/mol. The highest BCUT2D eigenvalue weighted by Gasteiger charge is 2.53. The molecule has 0 saturated heterocycles. The summed E-state index contributed by atoms with van der Waals surface area (Å²) in [6.07, 6.45) is 1.36. The molecule has 0 spiro atoms. The summed E-state index contributed by atoms with van der Waals surface area (Å²) in [7, 11) is -3.67. The van der Waals surface area contributed by atoms with Crippen molar-refractivity contribution in [2.24, 2.45) is 11.8 Å². The molecule has 0 bridgehead atoms. The SMILES string of the molecule is C=C1CC(O)C2C(=C)C12.CS(=O)(=O)O. The predicted octanol–water partition coefficient (Wildman–Crippen LogP) is 0.613. The second-order valence-corrected chi connectivity index (χ2v) is 5.21. The van der Waals surface area contributed by atoms with Gasteiger partial charge < -0.3 is 5.11 Å². The molecule has 2 saturated carbocycles. The Kier molecular flexibility index (Phi) is 2.85. The molecule has 0 aromatic rings. The van der Waals surface area contributed by atoms with Crippen LogP contribution in [0, 0.1) is 11.8 Å². The van der Waals surface area contributed by atoms with Gasteiger partial charge in [-0.15, -0.1) is 0 Å². The molecule has 0 amide bonds. The first kappa shape index (κ1) is 11.4. The largest absolute Gasteiger partial charge is 0.392 e. The molecule has 0 aliphatic heterocycles. The Morgan fingerprint density at radius 2 is 1.86 bits per heavy atom. The normalized spacial score (nSPS) is 34.6. The number of fused-ring (bicyclic) bond motifs is 1. The summed E-state index contributed by atoms with van der Waals surface area (Å²) in [5, 5.41) is 9.26. The fraction of sp³-hybridized carbons (Fsp3) is 0.556. The summed E-state index contributed by atoms with van der Waals surface area (Å²) >= 11 is 0. The predicted molar refractivity (Wildman–Crippen MR) is 53.4 cm³/mol. The lowest BCUT2D eigenvalue weighted by molar-refractivity contribution is 0.169. The van der Waals surface area contributed by atoms with E-state index in [2.05, 4.69) is 13.2 Å². The first-order valence-corrected chi connectivity index (χ1v) is 6.03. The fourth-order valence-electron chi connectivity index (χ4n) is 1.85. The molecule has 80 valence electrons. The molecule has 0 aromatic heterocycles. The zero-order valence-corrected chi connectivity index (χ0v) is 8.79. The summed E-state index contributed by atoms with van der Waals surface area (Å²) in [4.78, 5) is 0. The molecular formula is C9H14O4S. The maximum Gasteiger partial charge on any atom is 0.261 e. The third-order valence-electron chi connectivity index (χ3n) is 2.40. The second-order valence-electron chi connectivity index (χ2n) is 3.74. The minimum Gasteiger partial charge on any atom is -0.392 e. The summed E-state index contributed by atoms with van der Waals surface area (Å²) in [6, 6.07) is 0. The van der Waals surface area contributed by atoms with Gasteiger partial charge in [-0.3, -0.25) is 4.55 Å². The minimum absolute atomic E-state index is 0.157. The van der Waals surface area contributed by atoms with Gasteiger partial charge in [0.15, 0.2) is 0 Å². The molecule has 2 aliphatic rings. The number of aliphatic hydroxyl groups is 1. The third kappa shape index (κ3) is 2.67. The Morgan fingerprint density at radius 1 is 1.43 bits per heavy atom. The van der Waals surface area contributed by atoms with Crippen LogP contribution in [0.5, 0.6) is 0 Å². The third-order valence-corrected chi connectivity index (χ3v) is 2.40. The van der Waals surface area contributed by atoms with Gasteiger partial charge >= 0.3 is 0 Å². The van der Waals surface area contributed by atoms with Gasteiger partial charge in [0.25, 0.3) is 10.1 Å². The Bertz CT molecular complexity index is 360. The molecule has 14 heavy (non-hydrogen) atoms. The van der Waals surface area contributed by atoms with E-state index in [0.29, 0.717) is 18.1 Å². The van der Waals surface area contributed by atoms with Gasteiger partial charge in [0, 0.05) is 11.8 Å². The van der Waals surface area contributed by atoms with Crippen molar-refractivity contribution in [3.63, 3.8) is 0 Å². The average Bonchev–Trinajstić information content (AvgIpc) is 2.46. The van der Waals surface area contributed by atoms with Crippen molar-refractivity contribution in [2.75, 3.05) is 6.26 Å². The maximum atomic E-state index is 9.26. The summed E-state index contributed by atoms with van der Waals surface area (Å²) in [6.45, 7) is 7.69. The summed E-state index contributed by atoms with van der Waals surface area (Å²) in [5.74, 6) is 0.873. The standard InChI is InChI=1S/C8H10O.CH4O3S/c1-4-3-6(9)8-5(2)7(4)8;1-5(2,3)4/h6-9H,1-3H2;1H3,(H,2,3,4). The Balaban J connectivity index is 0.000000171. The van der Waals surface area contributed by atoms with Crippen LogP contribution in [0.2, 0.25) is 0 Å². The van der Waals surface area contributed by atoms with E-state index in [9.17, 15) is 13.5 Å². The van der Waals surface area contributed by atoms with Crippen LogP contribution in [-0.2, 0) is 10.1 Å². The topological polar surface area (TPSA) is 74.6 Å². The molecule has 0 radical (unpaired) electrons. The molecule has 0 aromatic carbocycles. The van der Waals surface area contributed by atoms with Crippen LogP contribution in [0.4, 0.5) is 0 Å². The summed E-state index contributed by atoms with van der Waals surface area (Å²) < 4.78 is 25.9. The van der Waals surface area contributed by atoms with E-state index in [4.69, 9.17) is 4.55 Å². The zero-order chi connectivity index (χ0) is 11.1. The molecule has 5 heteroatoms. The molecule has 0 heterocycles. The van der Waals surface area contributed by atoms with Crippen LogP contribution in [0.3, 0.4) is 0 Å². The van der Waals surface area contributed by atoms with Gasteiger partial charge in [0.2, 0.25) is 0 Å². The fourth-order valence-corrected chi connectivity index (χ4v) is 1.85. The monoisotopic (exact) mass is 218 g/mol. The van der Waals surface area contributed by atoms with E-state index in [1.165, 1.54) is 11.1 Å². The Labute approximate surface area is 83.7 Å². The molecule has 2 aliphatic carbocycles. The Morgan fingerprint density at radius 3 is 2.00 bits per heavy atom. The van der Waals surface area contributed by atoms with Crippen LogP contribution >= 0.6 is 0 Å². The van der Waals surface area contributed by atoms with E-state index in [0.717, 1.165) is 6.42 Å². The van der Waals surface area contributed by atoms with E-state index in [1.807, 2.05) is 0 Å². The van der Waals surface area contributed by atoms with Gasteiger partial charge in [0.1, 0.15) is 0 Å². The van der Waals surface area contributed by atoms with Crippen molar-refractivity contribution in [1.82, 2.24) is 0 Å². The van der Waals surface area contributed by atoms with E-state index >= 15 is 0 Å². The molecule has 4 nitrogen and oxygen atoms in total. The van der Waals surface area contributed by atoms with Crippen molar-refractivity contribution >= 4 is 10.1 Å². The van der Waals surface area contributed by atoms with Gasteiger partial charge in [-0.25, -0.2) is 0 Å². The van der Waals surface area contributed by atoms with Gasteiger partial charge in [-0.1, -0.05) is 24.3 Å². The van der Waals surface area contributed by atoms with Gasteiger partial charge in [0.05, 0.1) is 12.4 Å². The maximum absolute atomic E-state index is 9.26. The van der Waals surface area contributed by atoms with Gasteiger partial charge in [-0.2, -0.15) is 8.42 Å². The van der Waals surface area contributed by atoms with Crippen molar-refractivity contribution in [2.45, 2.75) is 12.5 Å². The van der Waals surface area contributed by atoms with Crippen molar-refractivity contribution in [3.05, 3.63) is 24.3 Å². The highest BCUT2D eigenvalue weighted by molar-refractivity contribution is 7.85. The number of hydrogen-bond acceptors (Lipinski definition) is 3. The highest BCUT2D eigenvalue weighted by Crippen LogP contribution is 2.58. The van der Waals surface area contributed by atoms with Crippen LogP contribution in [0.1, 0.15) is 6.42 Å². The first-order chi connectivity index (χ1) is 6.22. The lowest BCUT2D eigenvalue weighted by atomic mass is 10.1. The molecule has 3 atom stereocenters. The van der Waals surface area contributed by atoms with Crippen LogP contribution in [-0.4, -0.2) is 30.4 Å². The van der Waals surface area contributed by atoms with Gasteiger partial charge in [-0.05, 0) is 6.42 Å². The van der Waals surface area contributed by atoms with Crippen LogP contribution in [0.15, 0.2) is 24.3 Å². The van der Waals surface area contributed by atoms with E-state index in [1.54, 1.807) is 0 Å². The highest BCUT2D eigenvalue weighted by atomic mass is 32.2. The van der Waals surface area contributed by atoms with Crippen molar-refractivity contribution in [3.8, 4) is 0 Å². The molecule has 2 N–H and O–H groups in total. The zero-order valence-electron chi connectivity index (χ0n) is 7.97. The number of hydrogen-bond donors (Lipinski definition) is 2. The van der Waals surface area contributed by atoms with E-state index < -0.39 is 10.1 Å². The lowest BCUT2D eigenvalue weighted by Gasteiger charge is -2.01. The quantitative estimate of drug-likeness (QED) is 0.461. The Hall–Kier alpha value is -0.650. The van der Waals surface area contributed by atoms with E-state index in [-0.39, 0.29) is 6.10 Å². The molecule has 2 fully saturated rings. The average molecular weight is 218 g/mol. The van der Waals surface area contributed by atoms with Crippen molar-refractivity contribution in [1.29, 1.82) is 0 Å². The first-order valence-electron chi connectivity index (χ1n) is 4.18. The molecule has 2 rings (SSSR count). The van der Waals surface area contributed by atoms with Crippen LogP contribution < -0.4 is 0 Å². The number of aliphatic hydroxyl groups excluding tert-OH is 1. The van der Waals surface area contributed by atoms with Crippen LogP contribution in [0.25, 0.3) is 0 Å². The number of rotatable bonds is 0. The summed E-state index contributed by atoms with van der Waals surface area (Å²) in [5.41, 5.74) is 2.37.